The van der Waals surface area contributed by atoms with Gasteiger partial charge in [0.1, 0.15) is 0 Å². The summed E-state index contributed by atoms with van der Waals surface area (Å²) in [5.74, 6) is 0.397. The van der Waals surface area contributed by atoms with Crippen LogP contribution in [-0.2, 0) is 0 Å². The Labute approximate surface area is 109 Å². The molecule has 1 amide bonds. The summed E-state index contributed by atoms with van der Waals surface area (Å²) < 4.78 is 0. The van der Waals surface area contributed by atoms with Crippen LogP contribution in [-0.4, -0.2) is 11.6 Å². The molecule has 0 aliphatic carbocycles. The Hall–Kier alpha value is -1.64. The number of hydrazone groups is 1. The molecule has 0 spiro atoms. The number of hydrogen-bond acceptors (Lipinski definition) is 2. The maximum absolute atomic E-state index is 11.9. The normalized spacial score (nSPS) is 11.8. The predicted octanol–water partition coefficient (Wildman–Crippen LogP) is 3.46. The Kier molecular flexibility index (Phi) is 5.08. The van der Waals surface area contributed by atoms with Gasteiger partial charge in [0.25, 0.3) is 5.91 Å². The summed E-state index contributed by atoms with van der Waals surface area (Å²) in [6, 6.07) is 5.66. The quantitative estimate of drug-likeness (QED) is 0.641. The molecule has 0 aromatic heterocycles. The highest BCUT2D eigenvalue weighted by molar-refractivity contribution is 5.95. The highest BCUT2D eigenvalue weighted by Gasteiger charge is 2.06. The first-order valence-electron chi connectivity index (χ1n) is 6.31. The number of hydrogen-bond donors (Lipinski definition) is 1. The zero-order valence-corrected chi connectivity index (χ0v) is 11.9. The predicted molar refractivity (Wildman–Crippen MR) is 75.9 cm³/mol. The second-order valence-corrected chi connectivity index (χ2v) is 5.19. The van der Waals surface area contributed by atoms with Crippen molar-refractivity contribution in [2.24, 2.45) is 11.0 Å². The first-order valence-corrected chi connectivity index (χ1v) is 6.31. The number of carbonyl (C=O) groups excluding carboxylic acids is 1. The fourth-order valence-electron chi connectivity index (χ4n) is 1.73. The van der Waals surface area contributed by atoms with E-state index in [0.29, 0.717) is 11.5 Å². The molecule has 98 valence electrons. The number of carbonyl (C=O) groups is 1. The van der Waals surface area contributed by atoms with Gasteiger partial charge in [-0.25, -0.2) is 5.43 Å². The zero-order chi connectivity index (χ0) is 13.7. The molecule has 0 fully saturated rings. The number of nitrogens with one attached hydrogen (secondary N) is 1. The molecule has 0 saturated carbocycles. The Morgan fingerprint density at radius 3 is 2.50 bits per heavy atom. The Bertz CT molecular complexity index is 462. The van der Waals surface area contributed by atoms with Gasteiger partial charge in [-0.1, -0.05) is 19.9 Å². The van der Waals surface area contributed by atoms with E-state index >= 15 is 0 Å². The summed E-state index contributed by atoms with van der Waals surface area (Å²) in [6.07, 6.45) is 0.896. The van der Waals surface area contributed by atoms with Gasteiger partial charge in [-0.15, -0.1) is 0 Å². The van der Waals surface area contributed by atoms with E-state index in [4.69, 9.17) is 0 Å². The SMILES string of the molecule is C/C(CC(C)C)=N/NC(=O)c1ccc(C)c(C)c1. The minimum atomic E-state index is -0.152. The Morgan fingerprint density at radius 1 is 1.28 bits per heavy atom. The topological polar surface area (TPSA) is 41.5 Å². The second-order valence-electron chi connectivity index (χ2n) is 5.19. The third-order valence-electron chi connectivity index (χ3n) is 2.82. The summed E-state index contributed by atoms with van der Waals surface area (Å²) in [4.78, 5) is 11.9. The van der Waals surface area contributed by atoms with Crippen LogP contribution in [0.5, 0.6) is 0 Å². The summed E-state index contributed by atoms with van der Waals surface area (Å²) in [5, 5.41) is 4.11. The van der Waals surface area contributed by atoms with Crippen molar-refractivity contribution in [3.8, 4) is 0 Å². The molecule has 18 heavy (non-hydrogen) atoms. The number of nitrogens with zero attached hydrogens (tertiary/aromatic N) is 1. The first-order chi connectivity index (χ1) is 8.40. The van der Waals surface area contributed by atoms with Gasteiger partial charge in [0.15, 0.2) is 0 Å². The molecule has 0 aliphatic rings. The van der Waals surface area contributed by atoms with E-state index in [9.17, 15) is 4.79 Å². The number of amides is 1. The van der Waals surface area contributed by atoms with Crippen molar-refractivity contribution < 1.29 is 4.79 Å². The van der Waals surface area contributed by atoms with Crippen LogP contribution in [0.4, 0.5) is 0 Å². The molecule has 3 heteroatoms. The molecule has 0 saturated heterocycles. The molecule has 0 unspecified atom stereocenters. The third-order valence-corrected chi connectivity index (χ3v) is 2.82. The van der Waals surface area contributed by atoms with Crippen molar-refractivity contribution in [1.29, 1.82) is 0 Å². The van der Waals surface area contributed by atoms with E-state index in [2.05, 4.69) is 24.4 Å². The molecule has 3 nitrogen and oxygen atoms in total. The second kappa shape index (κ2) is 6.34. The fraction of sp³-hybridized carbons (Fsp3) is 0.467. The molecule has 1 N–H and O–H groups in total. The molecule has 1 aromatic carbocycles. The Balaban J connectivity index is 2.68. The smallest absolute Gasteiger partial charge is 0.267 e. The summed E-state index contributed by atoms with van der Waals surface area (Å²) in [7, 11) is 0. The monoisotopic (exact) mass is 246 g/mol. The minimum absolute atomic E-state index is 0.152. The van der Waals surface area contributed by atoms with Crippen molar-refractivity contribution in [1.82, 2.24) is 5.43 Å². The average molecular weight is 246 g/mol. The number of rotatable bonds is 4. The van der Waals surface area contributed by atoms with Crippen LogP contribution in [0.25, 0.3) is 0 Å². The lowest BCUT2D eigenvalue weighted by molar-refractivity contribution is 0.0954. The fourth-order valence-corrected chi connectivity index (χ4v) is 1.73. The van der Waals surface area contributed by atoms with E-state index in [0.717, 1.165) is 17.7 Å². The third kappa shape index (κ3) is 4.32. The molecule has 0 atom stereocenters. The lowest BCUT2D eigenvalue weighted by atomic mass is 10.1. The van der Waals surface area contributed by atoms with E-state index in [1.165, 1.54) is 5.56 Å². The highest BCUT2D eigenvalue weighted by atomic mass is 16.2. The molecule has 0 heterocycles. The first kappa shape index (κ1) is 14.4. The number of aryl methyl sites for hydroxylation is 2. The van der Waals surface area contributed by atoms with E-state index in [1.807, 2.05) is 39.0 Å². The molecule has 1 aromatic rings. The molecular formula is C15H22N2O. The molecule has 0 bridgehead atoms. The van der Waals surface area contributed by atoms with Crippen molar-refractivity contribution >= 4 is 11.6 Å². The van der Waals surface area contributed by atoms with E-state index in [1.54, 1.807) is 0 Å². The average Bonchev–Trinajstić information content (AvgIpc) is 2.28. The summed E-state index contributed by atoms with van der Waals surface area (Å²) in [5.41, 5.74) is 6.50. The minimum Gasteiger partial charge on any atom is -0.267 e. The van der Waals surface area contributed by atoms with E-state index < -0.39 is 0 Å². The summed E-state index contributed by atoms with van der Waals surface area (Å²) in [6.45, 7) is 10.2. The van der Waals surface area contributed by atoms with Crippen molar-refractivity contribution in [3.05, 3.63) is 34.9 Å². The van der Waals surface area contributed by atoms with Gasteiger partial charge in [0, 0.05) is 11.3 Å². The van der Waals surface area contributed by atoms with Gasteiger partial charge in [-0.2, -0.15) is 5.10 Å². The zero-order valence-electron chi connectivity index (χ0n) is 11.9. The van der Waals surface area contributed by atoms with Crippen molar-refractivity contribution in [3.63, 3.8) is 0 Å². The van der Waals surface area contributed by atoms with Gasteiger partial charge in [0.05, 0.1) is 0 Å². The molecule has 0 radical (unpaired) electrons. The van der Waals surface area contributed by atoms with Crippen molar-refractivity contribution in [2.45, 2.75) is 41.0 Å². The highest BCUT2D eigenvalue weighted by Crippen LogP contribution is 2.09. The van der Waals surface area contributed by atoms with Crippen LogP contribution in [0, 0.1) is 19.8 Å². The van der Waals surface area contributed by atoms with Crippen LogP contribution >= 0.6 is 0 Å². The Morgan fingerprint density at radius 2 is 1.94 bits per heavy atom. The summed E-state index contributed by atoms with van der Waals surface area (Å²) >= 11 is 0. The van der Waals surface area contributed by atoms with Crippen LogP contribution in [0.15, 0.2) is 23.3 Å². The van der Waals surface area contributed by atoms with Crippen molar-refractivity contribution in [2.75, 3.05) is 0 Å². The van der Waals surface area contributed by atoms with Crippen LogP contribution in [0.2, 0.25) is 0 Å². The maximum atomic E-state index is 11.9. The van der Waals surface area contributed by atoms with Crippen LogP contribution in [0.1, 0.15) is 48.7 Å². The van der Waals surface area contributed by atoms with E-state index in [-0.39, 0.29) is 5.91 Å². The van der Waals surface area contributed by atoms with Crippen LogP contribution in [0.3, 0.4) is 0 Å². The standard InChI is InChI=1S/C15H22N2O/c1-10(2)8-13(5)16-17-15(18)14-7-6-11(3)12(4)9-14/h6-7,9-10H,8H2,1-5H3,(H,17,18)/b16-13-. The molecule has 1 rings (SSSR count). The largest absolute Gasteiger partial charge is 0.271 e. The number of benzene rings is 1. The van der Waals surface area contributed by atoms with Gasteiger partial charge in [-0.3, -0.25) is 4.79 Å². The van der Waals surface area contributed by atoms with Gasteiger partial charge >= 0.3 is 0 Å². The molecule has 0 aliphatic heterocycles. The maximum Gasteiger partial charge on any atom is 0.271 e. The lowest BCUT2D eigenvalue weighted by Gasteiger charge is -2.06. The van der Waals surface area contributed by atoms with Gasteiger partial charge in [0.2, 0.25) is 0 Å². The molecular weight excluding hydrogens is 224 g/mol. The lowest BCUT2D eigenvalue weighted by Crippen LogP contribution is -2.19. The van der Waals surface area contributed by atoms with Gasteiger partial charge < -0.3 is 0 Å². The van der Waals surface area contributed by atoms with Crippen LogP contribution < -0.4 is 5.43 Å². The van der Waals surface area contributed by atoms with Gasteiger partial charge in [-0.05, 0) is 56.4 Å².